The molecule has 1 amide bonds. The molecule has 0 spiro atoms. The molecule has 1 aliphatic rings. The topological polar surface area (TPSA) is 35.6 Å². The van der Waals surface area contributed by atoms with Gasteiger partial charge in [-0.2, -0.15) is 0 Å². The van der Waals surface area contributed by atoms with E-state index in [2.05, 4.69) is 17.1 Å². The molecule has 1 heterocycles. The molecule has 0 bridgehead atoms. The van der Waals surface area contributed by atoms with E-state index in [-0.39, 0.29) is 5.91 Å². The van der Waals surface area contributed by atoms with Crippen molar-refractivity contribution in [3.8, 4) is 0 Å². The van der Waals surface area contributed by atoms with Crippen molar-refractivity contribution in [1.82, 2.24) is 15.1 Å². The van der Waals surface area contributed by atoms with E-state index in [0.717, 1.165) is 26.2 Å². The van der Waals surface area contributed by atoms with Crippen molar-refractivity contribution in [2.24, 2.45) is 0 Å². The van der Waals surface area contributed by atoms with E-state index in [1.54, 1.807) is 4.90 Å². The largest absolute Gasteiger partial charge is 0.349 e. The Kier molecular flexibility index (Phi) is 5.77. The minimum Gasteiger partial charge on any atom is -0.349 e. The van der Waals surface area contributed by atoms with Crippen LogP contribution in [0.4, 0.5) is 0 Å². The van der Waals surface area contributed by atoms with Gasteiger partial charge >= 0.3 is 0 Å². The Morgan fingerprint density at radius 3 is 2.69 bits per heavy atom. The van der Waals surface area contributed by atoms with Crippen molar-refractivity contribution < 1.29 is 4.79 Å². The molecule has 0 aromatic rings. The third-order valence-corrected chi connectivity index (χ3v) is 3.31. The van der Waals surface area contributed by atoms with Crippen molar-refractivity contribution in [2.75, 3.05) is 40.3 Å². The molecule has 0 aliphatic carbocycles. The van der Waals surface area contributed by atoms with Gasteiger partial charge in [0.15, 0.2) is 0 Å². The Labute approximate surface area is 99.0 Å². The highest BCUT2D eigenvalue weighted by Gasteiger charge is 2.20. The number of rotatable bonds is 5. The first-order valence-corrected chi connectivity index (χ1v) is 6.30. The average molecular weight is 227 g/mol. The fourth-order valence-electron chi connectivity index (χ4n) is 2.21. The summed E-state index contributed by atoms with van der Waals surface area (Å²) in [5.41, 5.74) is 0. The number of carbonyl (C=O) groups excluding carboxylic acids is 1. The number of nitrogens with one attached hydrogen (secondary N) is 1. The molecule has 1 aliphatic heterocycles. The summed E-state index contributed by atoms with van der Waals surface area (Å²) in [6.45, 7) is 6.32. The van der Waals surface area contributed by atoms with Crippen LogP contribution >= 0.6 is 0 Å². The lowest BCUT2D eigenvalue weighted by Gasteiger charge is -2.33. The number of amides is 1. The number of piperidine rings is 1. The molecule has 0 saturated carbocycles. The molecule has 1 atom stereocenters. The maximum absolute atomic E-state index is 11.5. The smallest absolute Gasteiger partial charge is 0.223 e. The zero-order valence-electron chi connectivity index (χ0n) is 10.8. The maximum atomic E-state index is 11.5. The van der Waals surface area contributed by atoms with Crippen LogP contribution in [0.5, 0.6) is 0 Å². The van der Waals surface area contributed by atoms with Gasteiger partial charge in [-0.15, -0.1) is 0 Å². The molecule has 0 aromatic carbocycles. The van der Waals surface area contributed by atoms with Gasteiger partial charge in [0.05, 0.1) is 0 Å². The number of hydrogen-bond acceptors (Lipinski definition) is 3. The predicted octanol–water partition coefficient (Wildman–Crippen LogP) is 0.539. The number of hydrogen-bond donors (Lipinski definition) is 1. The minimum atomic E-state index is 0.224. The molecule has 1 unspecified atom stereocenters. The molecule has 4 heteroatoms. The van der Waals surface area contributed by atoms with Crippen LogP contribution in [-0.4, -0.2) is 62.0 Å². The molecular weight excluding hydrogens is 202 g/mol. The van der Waals surface area contributed by atoms with Crippen molar-refractivity contribution in [2.45, 2.75) is 32.2 Å². The fraction of sp³-hybridized carbons (Fsp3) is 0.917. The van der Waals surface area contributed by atoms with Gasteiger partial charge in [-0.25, -0.2) is 0 Å². The van der Waals surface area contributed by atoms with E-state index in [4.69, 9.17) is 0 Å². The van der Waals surface area contributed by atoms with Crippen molar-refractivity contribution in [3.63, 3.8) is 0 Å². The lowest BCUT2D eigenvalue weighted by atomic mass is 10.1. The predicted molar refractivity (Wildman–Crippen MR) is 66.4 cm³/mol. The Morgan fingerprint density at radius 1 is 1.44 bits per heavy atom. The van der Waals surface area contributed by atoms with Crippen LogP contribution in [0.3, 0.4) is 0 Å². The van der Waals surface area contributed by atoms with E-state index in [1.807, 2.05) is 14.1 Å². The summed E-state index contributed by atoms with van der Waals surface area (Å²) in [5, 5.41) is 3.42. The van der Waals surface area contributed by atoms with Crippen LogP contribution < -0.4 is 5.32 Å². The minimum absolute atomic E-state index is 0.224. The Balaban J connectivity index is 2.33. The molecule has 1 rings (SSSR count). The molecule has 0 radical (unpaired) electrons. The third kappa shape index (κ3) is 4.10. The van der Waals surface area contributed by atoms with Crippen LogP contribution in [0, 0.1) is 0 Å². The lowest BCUT2D eigenvalue weighted by Crippen LogP contribution is -2.46. The first-order valence-electron chi connectivity index (χ1n) is 6.30. The summed E-state index contributed by atoms with van der Waals surface area (Å²) < 4.78 is 0. The molecule has 16 heavy (non-hydrogen) atoms. The average Bonchev–Trinajstić information content (AvgIpc) is 2.30. The van der Waals surface area contributed by atoms with E-state index in [9.17, 15) is 4.79 Å². The molecule has 0 aromatic heterocycles. The zero-order valence-corrected chi connectivity index (χ0v) is 10.8. The highest BCUT2D eigenvalue weighted by Crippen LogP contribution is 2.10. The van der Waals surface area contributed by atoms with Crippen LogP contribution in [0.15, 0.2) is 0 Å². The maximum Gasteiger partial charge on any atom is 0.223 e. The highest BCUT2D eigenvalue weighted by atomic mass is 16.2. The molecule has 1 saturated heterocycles. The van der Waals surface area contributed by atoms with E-state index < -0.39 is 0 Å². The fourth-order valence-corrected chi connectivity index (χ4v) is 2.21. The SMILES string of the molecule is CCN(CCC(=O)N(C)C)C1CCCNC1. The van der Waals surface area contributed by atoms with Crippen LogP contribution in [-0.2, 0) is 4.79 Å². The van der Waals surface area contributed by atoms with Gasteiger partial charge < -0.3 is 10.2 Å². The number of likely N-dealkylation sites (N-methyl/N-ethyl adjacent to an activating group) is 1. The van der Waals surface area contributed by atoms with E-state index in [1.165, 1.54) is 12.8 Å². The van der Waals surface area contributed by atoms with Crippen LogP contribution in [0.1, 0.15) is 26.2 Å². The Morgan fingerprint density at radius 2 is 2.19 bits per heavy atom. The second kappa shape index (κ2) is 6.86. The first-order chi connectivity index (χ1) is 7.65. The summed E-state index contributed by atoms with van der Waals surface area (Å²) in [7, 11) is 3.64. The van der Waals surface area contributed by atoms with Gasteiger partial charge in [0.2, 0.25) is 5.91 Å². The lowest BCUT2D eigenvalue weighted by molar-refractivity contribution is -0.129. The van der Waals surface area contributed by atoms with Gasteiger partial charge in [0, 0.05) is 39.6 Å². The van der Waals surface area contributed by atoms with Gasteiger partial charge in [0.1, 0.15) is 0 Å². The number of carbonyl (C=O) groups is 1. The normalized spacial score (nSPS) is 21.1. The van der Waals surface area contributed by atoms with Crippen molar-refractivity contribution in [3.05, 3.63) is 0 Å². The molecule has 94 valence electrons. The second-order valence-corrected chi connectivity index (χ2v) is 4.67. The first kappa shape index (κ1) is 13.5. The zero-order chi connectivity index (χ0) is 12.0. The molecule has 1 N–H and O–H groups in total. The molecule has 1 fully saturated rings. The molecular formula is C12H25N3O. The van der Waals surface area contributed by atoms with Crippen molar-refractivity contribution in [1.29, 1.82) is 0 Å². The summed E-state index contributed by atoms with van der Waals surface area (Å²) in [6.07, 6.45) is 3.15. The standard InChI is InChI=1S/C12H25N3O/c1-4-15(9-7-12(16)14(2)3)11-6-5-8-13-10-11/h11,13H,4-10H2,1-3H3. The van der Waals surface area contributed by atoms with Gasteiger partial charge in [-0.05, 0) is 25.9 Å². The van der Waals surface area contributed by atoms with Crippen LogP contribution in [0.25, 0.3) is 0 Å². The quantitative estimate of drug-likeness (QED) is 0.744. The summed E-state index contributed by atoms with van der Waals surface area (Å²) in [5.74, 6) is 0.224. The third-order valence-electron chi connectivity index (χ3n) is 3.31. The van der Waals surface area contributed by atoms with Gasteiger partial charge in [-0.1, -0.05) is 6.92 Å². The molecule has 4 nitrogen and oxygen atoms in total. The second-order valence-electron chi connectivity index (χ2n) is 4.67. The Bertz CT molecular complexity index is 212. The van der Waals surface area contributed by atoms with Gasteiger partial charge in [0.25, 0.3) is 0 Å². The summed E-state index contributed by atoms with van der Waals surface area (Å²) >= 11 is 0. The van der Waals surface area contributed by atoms with E-state index >= 15 is 0 Å². The van der Waals surface area contributed by atoms with Gasteiger partial charge in [-0.3, -0.25) is 9.69 Å². The summed E-state index contributed by atoms with van der Waals surface area (Å²) in [4.78, 5) is 15.6. The van der Waals surface area contributed by atoms with Crippen molar-refractivity contribution >= 4 is 5.91 Å². The monoisotopic (exact) mass is 227 g/mol. The highest BCUT2D eigenvalue weighted by molar-refractivity contribution is 5.75. The number of nitrogens with zero attached hydrogens (tertiary/aromatic N) is 2. The van der Waals surface area contributed by atoms with E-state index in [0.29, 0.717) is 12.5 Å². The Hall–Kier alpha value is -0.610. The van der Waals surface area contributed by atoms with Crippen LogP contribution in [0.2, 0.25) is 0 Å². The summed E-state index contributed by atoms with van der Waals surface area (Å²) in [6, 6.07) is 0.619.